The highest BCUT2D eigenvalue weighted by Gasteiger charge is 2.16. The molecule has 18 heavy (non-hydrogen) atoms. The zero-order chi connectivity index (χ0) is 12.4. The van der Waals surface area contributed by atoms with Crippen molar-refractivity contribution in [2.75, 3.05) is 43.6 Å². The molecule has 0 spiro atoms. The van der Waals surface area contributed by atoms with Gasteiger partial charge in [-0.15, -0.1) is 21.5 Å². The highest BCUT2D eigenvalue weighted by atomic mass is 32.1. The standard InChI is InChI=1S/C10H13N5OS2/c1-11-9-14-13-8(18-9)7-6-17-10(12-7)15-2-4-16-5-3-15/h6H,2-5H2,1H3,(H,11,14). The number of ether oxygens (including phenoxy) is 1. The molecule has 1 N–H and O–H groups in total. The molecule has 0 radical (unpaired) electrons. The first-order valence-electron chi connectivity index (χ1n) is 5.66. The maximum absolute atomic E-state index is 5.34. The highest BCUT2D eigenvalue weighted by Crippen LogP contribution is 2.30. The van der Waals surface area contributed by atoms with Crippen molar-refractivity contribution < 1.29 is 4.74 Å². The van der Waals surface area contributed by atoms with Gasteiger partial charge in [-0.25, -0.2) is 4.98 Å². The van der Waals surface area contributed by atoms with E-state index in [-0.39, 0.29) is 0 Å². The second-order valence-electron chi connectivity index (χ2n) is 3.78. The van der Waals surface area contributed by atoms with Crippen LogP contribution in [0.5, 0.6) is 0 Å². The molecule has 2 aromatic heterocycles. The number of anilines is 2. The van der Waals surface area contributed by atoms with Crippen molar-refractivity contribution in [3.8, 4) is 10.7 Å². The molecular formula is C10H13N5OS2. The Balaban J connectivity index is 1.79. The smallest absolute Gasteiger partial charge is 0.205 e. The zero-order valence-electron chi connectivity index (χ0n) is 9.92. The van der Waals surface area contributed by atoms with Gasteiger partial charge in [0.15, 0.2) is 10.1 Å². The minimum atomic E-state index is 0.775. The Hall–Kier alpha value is -1.25. The van der Waals surface area contributed by atoms with Crippen LogP contribution in [0.15, 0.2) is 5.38 Å². The van der Waals surface area contributed by atoms with E-state index in [1.165, 1.54) is 11.3 Å². The van der Waals surface area contributed by atoms with E-state index in [4.69, 9.17) is 4.74 Å². The summed E-state index contributed by atoms with van der Waals surface area (Å²) in [5, 5.41) is 15.9. The molecule has 0 atom stereocenters. The average molecular weight is 283 g/mol. The molecule has 3 rings (SSSR count). The van der Waals surface area contributed by atoms with Crippen molar-refractivity contribution in [1.29, 1.82) is 0 Å². The Labute approximate surface area is 113 Å². The predicted molar refractivity (Wildman–Crippen MR) is 73.6 cm³/mol. The van der Waals surface area contributed by atoms with Crippen molar-refractivity contribution >= 4 is 32.9 Å². The monoisotopic (exact) mass is 283 g/mol. The van der Waals surface area contributed by atoms with E-state index >= 15 is 0 Å². The van der Waals surface area contributed by atoms with Gasteiger partial charge in [0.25, 0.3) is 0 Å². The molecule has 1 aliphatic rings. The molecule has 3 heterocycles. The molecular weight excluding hydrogens is 270 g/mol. The van der Waals surface area contributed by atoms with Gasteiger partial charge >= 0.3 is 0 Å². The lowest BCUT2D eigenvalue weighted by molar-refractivity contribution is 0.122. The number of nitrogens with zero attached hydrogens (tertiary/aromatic N) is 4. The molecule has 0 aliphatic carbocycles. The molecule has 0 amide bonds. The summed E-state index contributed by atoms with van der Waals surface area (Å²) in [6, 6.07) is 0. The maximum Gasteiger partial charge on any atom is 0.205 e. The largest absolute Gasteiger partial charge is 0.378 e. The lowest BCUT2D eigenvalue weighted by Crippen LogP contribution is -2.36. The quantitative estimate of drug-likeness (QED) is 0.922. The lowest BCUT2D eigenvalue weighted by atomic mass is 10.4. The van der Waals surface area contributed by atoms with Crippen molar-refractivity contribution in [3.05, 3.63) is 5.38 Å². The summed E-state index contributed by atoms with van der Waals surface area (Å²) in [5.74, 6) is 0. The first-order chi connectivity index (χ1) is 8.86. The molecule has 0 saturated carbocycles. The fourth-order valence-corrected chi connectivity index (χ4v) is 3.29. The molecule has 0 unspecified atom stereocenters. The van der Waals surface area contributed by atoms with Gasteiger partial charge < -0.3 is 15.0 Å². The van der Waals surface area contributed by atoms with E-state index in [9.17, 15) is 0 Å². The van der Waals surface area contributed by atoms with Gasteiger partial charge in [0.1, 0.15) is 5.69 Å². The van der Waals surface area contributed by atoms with Crippen LogP contribution in [0, 0.1) is 0 Å². The Morgan fingerprint density at radius 1 is 1.33 bits per heavy atom. The van der Waals surface area contributed by atoms with Gasteiger partial charge in [0.2, 0.25) is 5.13 Å². The second kappa shape index (κ2) is 5.17. The number of thiazole rings is 1. The Kier molecular flexibility index (Phi) is 3.39. The van der Waals surface area contributed by atoms with Crippen molar-refractivity contribution in [2.24, 2.45) is 0 Å². The average Bonchev–Trinajstić information content (AvgIpc) is 3.08. The zero-order valence-corrected chi connectivity index (χ0v) is 11.6. The summed E-state index contributed by atoms with van der Waals surface area (Å²) in [4.78, 5) is 6.87. The van der Waals surface area contributed by atoms with Crippen LogP contribution in [0.1, 0.15) is 0 Å². The Bertz CT molecular complexity index is 520. The van der Waals surface area contributed by atoms with Gasteiger partial charge in [0, 0.05) is 25.5 Å². The van der Waals surface area contributed by atoms with Gasteiger partial charge in [-0.2, -0.15) is 0 Å². The van der Waals surface area contributed by atoms with E-state index in [1.807, 2.05) is 12.4 Å². The van der Waals surface area contributed by atoms with Crippen molar-refractivity contribution in [3.63, 3.8) is 0 Å². The molecule has 2 aromatic rings. The number of morpholine rings is 1. The van der Waals surface area contributed by atoms with Gasteiger partial charge in [-0.1, -0.05) is 11.3 Å². The van der Waals surface area contributed by atoms with Crippen LogP contribution in [0.3, 0.4) is 0 Å². The molecule has 0 aromatic carbocycles. The van der Waals surface area contributed by atoms with E-state index in [0.717, 1.165) is 47.3 Å². The third-order valence-electron chi connectivity index (χ3n) is 2.63. The molecule has 96 valence electrons. The van der Waals surface area contributed by atoms with Crippen LogP contribution in [0.4, 0.5) is 10.3 Å². The third-order valence-corrected chi connectivity index (χ3v) is 4.50. The summed E-state index contributed by atoms with van der Waals surface area (Å²) < 4.78 is 5.34. The third kappa shape index (κ3) is 2.31. The fraction of sp³-hybridized carbons (Fsp3) is 0.500. The summed E-state index contributed by atoms with van der Waals surface area (Å²) in [5.41, 5.74) is 0.903. The summed E-state index contributed by atoms with van der Waals surface area (Å²) >= 11 is 3.16. The lowest BCUT2D eigenvalue weighted by Gasteiger charge is -2.25. The molecule has 1 aliphatic heterocycles. The molecule has 1 saturated heterocycles. The van der Waals surface area contributed by atoms with Crippen LogP contribution in [0.25, 0.3) is 10.7 Å². The van der Waals surface area contributed by atoms with Gasteiger partial charge in [-0.3, -0.25) is 0 Å². The Morgan fingerprint density at radius 2 is 2.17 bits per heavy atom. The minimum Gasteiger partial charge on any atom is -0.378 e. The van der Waals surface area contributed by atoms with Crippen molar-refractivity contribution in [2.45, 2.75) is 0 Å². The van der Waals surface area contributed by atoms with Crippen LogP contribution in [-0.2, 0) is 4.74 Å². The highest BCUT2D eigenvalue weighted by molar-refractivity contribution is 7.19. The second-order valence-corrected chi connectivity index (χ2v) is 5.59. The topological polar surface area (TPSA) is 63.2 Å². The molecule has 6 nitrogen and oxygen atoms in total. The number of rotatable bonds is 3. The van der Waals surface area contributed by atoms with E-state index < -0.39 is 0 Å². The maximum atomic E-state index is 5.34. The minimum absolute atomic E-state index is 0.775. The molecule has 8 heteroatoms. The SMILES string of the molecule is CNc1nnc(-c2csc(N3CCOCC3)n2)s1. The first-order valence-corrected chi connectivity index (χ1v) is 7.36. The fourth-order valence-electron chi connectivity index (χ4n) is 1.69. The number of nitrogens with one attached hydrogen (secondary N) is 1. The number of hydrogen-bond donors (Lipinski definition) is 1. The van der Waals surface area contributed by atoms with Gasteiger partial charge in [0.05, 0.1) is 13.2 Å². The summed E-state index contributed by atoms with van der Waals surface area (Å²) in [6.07, 6.45) is 0. The first kappa shape index (κ1) is 11.8. The van der Waals surface area contributed by atoms with Crippen LogP contribution in [0.2, 0.25) is 0 Å². The van der Waals surface area contributed by atoms with E-state index in [1.54, 1.807) is 11.3 Å². The normalized spacial score (nSPS) is 15.9. The Morgan fingerprint density at radius 3 is 2.89 bits per heavy atom. The van der Waals surface area contributed by atoms with Gasteiger partial charge in [-0.05, 0) is 0 Å². The van der Waals surface area contributed by atoms with Crippen molar-refractivity contribution in [1.82, 2.24) is 15.2 Å². The number of aromatic nitrogens is 3. The molecule has 0 bridgehead atoms. The summed E-state index contributed by atoms with van der Waals surface area (Å²) in [6.45, 7) is 3.37. The van der Waals surface area contributed by atoms with Crippen LogP contribution < -0.4 is 10.2 Å². The van der Waals surface area contributed by atoms with Crippen LogP contribution in [-0.4, -0.2) is 48.5 Å². The van der Waals surface area contributed by atoms with E-state index in [0.29, 0.717) is 0 Å². The molecule has 1 fully saturated rings. The number of hydrogen-bond acceptors (Lipinski definition) is 8. The van der Waals surface area contributed by atoms with E-state index in [2.05, 4.69) is 25.4 Å². The summed E-state index contributed by atoms with van der Waals surface area (Å²) in [7, 11) is 1.84. The predicted octanol–water partition coefficient (Wildman–Crippen LogP) is 1.54. The van der Waals surface area contributed by atoms with Crippen LogP contribution >= 0.6 is 22.7 Å².